The molecule has 0 bridgehead atoms. The van der Waals surface area contributed by atoms with Crippen LogP contribution in [-0.4, -0.2) is 33.5 Å². The maximum Gasteiger partial charge on any atom is 0.257 e. The zero-order valence-electron chi connectivity index (χ0n) is 11.2. The van der Waals surface area contributed by atoms with Gasteiger partial charge in [0, 0.05) is 37.7 Å². The molecule has 0 radical (unpaired) electrons. The van der Waals surface area contributed by atoms with Gasteiger partial charge in [0.15, 0.2) is 5.75 Å². The highest BCUT2D eigenvalue weighted by atomic mass is 32.2. The maximum atomic E-state index is 10.8. The molecule has 2 aliphatic heterocycles. The molecule has 0 unspecified atom stereocenters. The highest BCUT2D eigenvalue weighted by Gasteiger charge is 2.20. The van der Waals surface area contributed by atoms with Crippen molar-refractivity contribution in [1.82, 2.24) is 13.9 Å². The predicted molar refractivity (Wildman–Crippen MR) is 76.2 cm³/mol. The number of hydrogen-bond donors (Lipinski definition) is 0. The highest BCUT2D eigenvalue weighted by molar-refractivity contribution is 7.97. The van der Waals surface area contributed by atoms with E-state index in [1.54, 1.807) is 23.0 Å². The molecule has 2 aromatic rings. The summed E-state index contributed by atoms with van der Waals surface area (Å²) in [7, 11) is 0. The van der Waals surface area contributed by atoms with E-state index < -0.39 is 0 Å². The third-order valence-corrected chi connectivity index (χ3v) is 4.31. The molecule has 1 amide bonds. The van der Waals surface area contributed by atoms with Crippen molar-refractivity contribution in [2.45, 2.75) is 18.0 Å². The standard InChI is InChI=1S/C14H13N3O3S/c18-9-16-5-10-7-17(8-11(10)6-16)21-12-3-13-14(15-4-12)20-2-1-19-13/h3-4,7-9H,1-2,5-6H2. The second-order valence-electron chi connectivity index (χ2n) is 4.94. The number of ether oxygens (including phenoxy) is 2. The molecule has 4 heterocycles. The average Bonchev–Trinajstić information content (AvgIpc) is 3.05. The molecule has 21 heavy (non-hydrogen) atoms. The molecule has 0 spiro atoms. The van der Waals surface area contributed by atoms with E-state index in [-0.39, 0.29) is 0 Å². The SMILES string of the molecule is O=CN1Cc2cn(Sc3cnc4c(c3)OCCO4)cc2C1. The van der Waals surface area contributed by atoms with Gasteiger partial charge in [-0.05, 0) is 23.1 Å². The normalized spacial score (nSPS) is 15.9. The van der Waals surface area contributed by atoms with Crippen molar-refractivity contribution in [3.63, 3.8) is 0 Å². The van der Waals surface area contributed by atoms with E-state index >= 15 is 0 Å². The van der Waals surface area contributed by atoms with E-state index in [2.05, 4.69) is 17.4 Å². The summed E-state index contributed by atoms with van der Waals surface area (Å²) in [5, 5.41) is 0. The van der Waals surface area contributed by atoms with Crippen LogP contribution >= 0.6 is 11.9 Å². The van der Waals surface area contributed by atoms with Crippen LogP contribution in [0.25, 0.3) is 0 Å². The first-order valence-corrected chi connectivity index (χ1v) is 7.42. The fraction of sp³-hybridized carbons (Fsp3) is 0.286. The minimum absolute atomic E-state index is 0.546. The van der Waals surface area contributed by atoms with Crippen LogP contribution in [0.3, 0.4) is 0 Å². The third-order valence-electron chi connectivity index (χ3n) is 3.46. The lowest BCUT2D eigenvalue weighted by Crippen LogP contribution is -2.16. The summed E-state index contributed by atoms with van der Waals surface area (Å²) in [6.45, 7) is 2.48. The molecule has 0 aliphatic carbocycles. The molecule has 0 aromatic carbocycles. The molecule has 0 fully saturated rings. The number of pyridine rings is 1. The largest absolute Gasteiger partial charge is 0.484 e. The van der Waals surface area contributed by atoms with Crippen LogP contribution in [0.5, 0.6) is 11.6 Å². The Balaban J connectivity index is 1.53. The molecule has 108 valence electrons. The first kappa shape index (κ1) is 12.6. The molecule has 2 aliphatic rings. The van der Waals surface area contributed by atoms with Crippen molar-refractivity contribution in [2.24, 2.45) is 0 Å². The van der Waals surface area contributed by atoms with Crippen LogP contribution in [0.2, 0.25) is 0 Å². The zero-order chi connectivity index (χ0) is 14.2. The van der Waals surface area contributed by atoms with Crippen LogP contribution in [0, 0.1) is 0 Å². The molecule has 0 saturated carbocycles. The Bertz CT molecular complexity index is 677. The Morgan fingerprint density at radius 2 is 1.95 bits per heavy atom. The number of hydrogen-bond acceptors (Lipinski definition) is 5. The van der Waals surface area contributed by atoms with Crippen LogP contribution in [0.1, 0.15) is 11.1 Å². The smallest absolute Gasteiger partial charge is 0.257 e. The van der Waals surface area contributed by atoms with Gasteiger partial charge >= 0.3 is 0 Å². The zero-order valence-corrected chi connectivity index (χ0v) is 12.0. The number of aromatic nitrogens is 2. The molecule has 6 nitrogen and oxygen atoms in total. The molecule has 4 rings (SSSR count). The lowest BCUT2D eigenvalue weighted by Gasteiger charge is -2.17. The summed E-state index contributed by atoms with van der Waals surface area (Å²) in [6, 6.07) is 1.94. The highest BCUT2D eigenvalue weighted by Crippen LogP contribution is 2.33. The minimum atomic E-state index is 0.546. The van der Waals surface area contributed by atoms with E-state index in [9.17, 15) is 4.79 Å². The lowest BCUT2D eigenvalue weighted by atomic mass is 10.2. The summed E-state index contributed by atoms with van der Waals surface area (Å²) in [5.74, 6) is 1.25. The average molecular weight is 303 g/mol. The lowest BCUT2D eigenvalue weighted by molar-refractivity contribution is -0.118. The monoisotopic (exact) mass is 303 g/mol. The molecule has 0 atom stereocenters. The second kappa shape index (κ2) is 5.00. The van der Waals surface area contributed by atoms with Gasteiger partial charge in [-0.25, -0.2) is 4.98 Å². The van der Waals surface area contributed by atoms with Gasteiger partial charge in [0.1, 0.15) is 13.2 Å². The van der Waals surface area contributed by atoms with Crippen LogP contribution in [-0.2, 0) is 17.9 Å². The molecule has 0 N–H and O–H groups in total. The van der Waals surface area contributed by atoms with Crippen molar-refractivity contribution in [2.75, 3.05) is 13.2 Å². The first-order chi connectivity index (χ1) is 10.3. The molecule has 2 aromatic heterocycles. The Morgan fingerprint density at radius 3 is 2.71 bits per heavy atom. The number of carbonyl (C=O) groups is 1. The Labute approximate surface area is 125 Å². The fourth-order valence-electron chi connectivity index (χ4n) is 2.50. The second-order valence-corrected chi connectivity index (χ2v) is 6.02. The minimum Gasteiger partial charge on any atom is -0.484 e. The van der Waals surface area contributed by atoms with Crippen LogP contribution in [0.4, 0.5) is 0 Å². The number of nitrogens with zero attached hydrogens (tertiary/aromatic N) is 3. The van der Waals surface area contributed by atoms with E-state index in [1.807, 2.05) is 10.0 Å². The van der Waals surface area contributed by atoms with Crippen molar-refractivity contribution in [1.29, 1.82) is 0 Å². The molecular weight excluding hydrogens is 290 g/mol. The molecule has 0 saturated heterocycles. The number of fused-ring (bicyclic) bond motifs is 2. The van der Waals surface area contributed by atoms with E-state index in [0.29, 0.717) is 37.9 Å². The quantitative estimate of drug-likeness (QED) is 0.808. The number of rotatable bonds is 3. The topological polar surface area (TPSA) is 56.6 Å². The molecule has 7 heteroatoms. The van der Waals surface area contributed by atoms with E-state index in [4.69, 9.17) is 9.47 Å². The van der Waals surface area contributed by atoms with Gasteiger partial charge in [-0.3, -0.25) is 8.77 Å². The van der Waals surface area contributed by atoms with Crippen molar-refractivity contribution in [3.05, 3.63) is 35.8 Å². The van der Waals surface area contributed by atoms with Gasteiger partial charge in [-0.15, -0.1) is 0 Å². The maximum absolute atomic E-state index is 10.8. The Kier molecular flexibility index (Phi) is 2.99. The van der Waals surface area contributed by atoms with Gasteiger partial charge in [-0.2, -0.15) is 0 Å². The van der Waals surface area contributed by atoms with Gasteiger partial charge < -0.3 is 14.4 Å². The van der Waals surface area contributed by atoms with Crippen molar-refractivity contribution >= 4 is 18.4 Å². The Hall–Kier alpha value is -2.15. The van der Waals surface area contributed by atoms with Crippen LogP contribution < -0.4 is 9.47 Å². The van der Waals surface area contributed by atoms with Gasteiger partial charge in [0.25, 0.3) is 5.88 Å². The van der Waals surface area contributed by atoms with Crippen molar-refractivity contribution < 1.29 is 14.3 Å². The number of amides is 1. The predicted octanol–water partition coefficient (Wildman–Crippen LogP) is 1.68. The summed E-state index contributed by atoms with van der Waals surface area (Å²) < 4.78 is 13.0. The molecular formula is C14H13N3O3S. The fourth-order valence-corrected chi connectivity index (χ4v) is 3.37. The Morgan fingerprint density at radius 1 is 1.19 bits per heavy atom. The van der Waals surface area contributed by atoms with Gasteiger partial charge in [0.05, 0.1) is 4.90 Å². The summed E-state index contributed by atoms with van der Waals surface area (Å²) in [6.07, 6.45) is 6.78. The first-order valence-electron chi connectivity index (χ1n) is 6.65. The summed E-state index contributed by atoms with van der Waals surface area (Å²) >= 11 is 1.57. The van der Waals surface area contributed by atoms with E-state index in [0.717, 1.165) is 11.3 Å². The van der Waals surface area contributed by atoms with Crippen molar-refractivity contribution in [3.8, 4) is 11.6 Å². The third kappa shape index (κ3) is 2.33. The van der Waals surface area contributed by atoms with E-state index in [1.165, 1.54) is 11.1 Å². The summed E-state index contributed by atoms with van der Waals surface area (Å²) in [4.78, 5) is 17.8. The van der Waals surface area contributed by atoms with Gasteiger partial charge in [-0.1, -0.05) is 0 Å². The van der Waals surface area contributed by atoms with Gasteiger partial charge in [0.2, 0.25) is 6.41 Å². The summed E-state index contributed by atoms with van der Waals surface area (Å²) in [5.41, 5.74) is 2.39. The number of carbonyl (C=O) groups excluding carboxylic acids is 1. The van der Waals surface area contributed by atoms with Crippen LogP contribution in [0.15, 0.2) is 29.6 Å².